The van der Waals surface area contributed by atoms with Crippen LogP contribution in [0.1, 0.15) is 13.8 Å². The van der Waals surface area contributed by atoms with E-state index in [0.717, 1.165) is 0 Å². The van der Waals surface area contributed by atoms with Gasteiger partial charge in [0.05, 0.1) is 10.9 Å². The van der Waals surface area contributed by atoms with Gasteiger partial charge in [-0.1, -0.05) is 18.2 Å². The van der Waals surface area contributed by atoms with Gasteiger partial charge in [0.25, 0.3) is 0 Å². The van der Waals surface area contributed by atoms with Crippen LogP contribution in [0.15, 0.2) is 83.8 Å². The molecule has 0 spiro atoms. The molecule has 3 aromatic rings. The largest absolute Gasteiger partial charge is 0.457 e. The van der Waals surface area contributed by atoms with E-state index in [2.05, 4.69) is 15.4 Å². The van der Waals surface area contributed by atoms with Crippen LogP contribution < -0.4 is 20.1 Å². The molecule has 0 aliphatic heterocycles. The van der Waals surface area contributed by atoms with Crippen LogP contribution in [0.3, 0.4) is 0 Å². The van der Waals surface area contributed by atoms with E-state index >= 15 is 0 Å². The van der Waals surface area contributed by atoms with Crippen molar-refractivity contribution in [3.63, 3.8) is 0 Å². The molecule has 3 N–H and O–H groups in total. The number of sulfonamides is 1. The molecule has 0 aliphatic rings. The first kappa shape index (κ1) is 23.0. The molecule has 0 bridgehead atoms. The van der Waals surface area contributed by atoms with Crippen molar-refractivity contribution in [3.8, 4) is 11.5 Å². The smallest absolute Gasteiger partial charge is 0.242 e. The summed E-state index contributed by atoms with van der Waals surface area (Å²) >= 11 is 0. The summed E-state index contributed by atoms with van der Waals surface area (Å²) in [4.78, 5) is 23.5. The fraction of sp³-hybridized carbons (Fsp3) is 0.130. The Balaban J connectivity index is 1.58. The summed E-state index contributed by atoms with van der Waals surface area (Å²) in [5, 5.41) is 5.23. The lowest BCUT2D eigenvalue weighted by molar-refractivity contribution is -0.117. The van der Waals surface area contributed by atoms with Gasteiger partial charge in [-0.15, -0.1) is 0 Å². The minimum absolute atomic E-state index is 0.0198. The fourth-order valence-corrected chi connectivity index (χ4v) is 3.96. The number of hydrogen-bond acceptors (Lipinski definition) is 5. The van der Waals surface area contributed by atoms with Gasteiger partial charge < -0.3 is 15.4 Å². The van der Waals surface area contributed by atoms with Crippen molar-refractivity contribution in [2.45, 2.75) is 24.8 Å². The maximum absolute atomic E-state index is 12.6. The third-order valence-electron chi connectivity index (χ3n) is 4.31. The zero-order valence-electron chi connectivity index (χ0n) is 17.5. The molecule has 0 aliphatic carbocycles. The van der Waals surface area contributed by atoms with Crippen LogP contribution in [0.25, 0.3) is 0 Å². The van der Waals surface area contributed by atoms with Crippen molar-refractivity contribution in [3.05, 3.63) is 78.9 Å². The second-order valence-electron chi connectivity index (χ2n) is 6.98. The molecule has 0 radical (unpaired) electrons. The summed E-state index contributed by atoms with van der Waals surface area (Å²) in [6, 6.07) is 20.6. The standard InChI is InChI=1S/C23H23N3O5S/c1-16(26-32(29,30)22-14-10-18(11-15-22)24-17(2)27)23(28)25-19-8-12-21(13-9-19)31-20-6-4-3-5-7-20/h3-16,26H,1-2H3,(H,24,27)(H,25,28)/t16-/m0/s1. The normalized spacial score (nSPS) is 11.9. The van der Waals surface area contributed by atoms with Crippen molar-refractivity contribution in [1.82, 2.24) is 4.72 Å². The molecule has 0 fully saturated rings. The van der Waals surface area contributed by atoms with E-state index in [-0.39, 0.29) is 10.8 Å². The maximum atomic E-state index is 12.6. The molecule has 3 aromatic carbocycles. The van der Waals surface area contributed by atoms with Gasteiger partial charge in [-0.05, 0) is 67.6 Å². The SMILES string of the molecule is CC(=O)Nc1ccc(S(=O)(=O)N[C@@H](C)C(=O)Nc2ccc(Oc3ccccc3)cc2)cc1. The monoisotopic (exact) mass is 453 g/mol. The zero-order valence-corrected chi connectivity index (χ0v) is 18.3. The van der Waals surface area contributed by atoms with Crippen LogP contribution in [0, 0.1) is 0 Å². The summed E-state index contributed by atoms with van der Waals surface area (Å²) < 4.78 is 33.2. The molecule has 0 unspecified atom stereocenters. The van der Waals surface area contributed by atoms with Gasteiger partial charge in [-0.25, -0.2) is 8.42 Å². The van der Waals surface area contributed by atoms with E-state index in [1.165, 1.54) is 38.1 Å². The number of para-hydroxylation sites is 1. The minimum Gasteiger partial charge on any atom is -0.457 e. The van der Waals surface area contributed by atoms with Gasteiger partial charge in [0, 0.05) is 18.3 Å². The first-order chi connectivity index (χ1) is 15.2. The summed E-state index contributed by atoms with van der Waals surface area (Å²) in [6.07, 6.45) is 0. The van der Waals surface area contributed by atoms with Gasteiger partial charge in [-0.2, -0.15) is 4.72 Å². The van der Waals surface area contributed by atoms with Crippen LogP contribution in [0.2, 0.25) is 0 Å². The van der Waals surface area contributed by atoms with Crippen LogP contribution in [-0.4, -0.2) is 26.3 Å². The number of anilines is 2. The van der Waals surface area contributed by atoms with Gasteiger partial charge >= 0.3 is 0 Å². The molecule has 32 heavy (non-hydrogen) atoms. The van der Waals surface area contributed by atoms with E-state index in [4.69, 9.17) is 4.74 Å². The molecule has 1 atom stereocenters. The molecule has 0 saturated carbocycles. The Morgan fingerprint density at radius 2 is 1.31 bits per heavy atom. The minimum atomic E-state index is -3.93. The Morgan fingerprint density at radius 3 is 1.91 bits per heavy atom. The van der Waals surface area contributed by atoms with Gasteiger partial charge in [-0.3, -0.25) is 9.59 Å². The van der Waals surface area contributed by atoms with Crippen molar-refractivity contribution in [1.29, 1.82) is 0 Å². The zero-order chi connectivity index (χ0) is 23.1. The predicted octanol–water partition coefficient (Wildman–Crippen LogP) is 3.74. The number of nitrogens with one attached hydrogen (secondary N) is 3. The Kier molecular flexibility index (Phi) is 7.24. The highest BCUT2D eigenvalue weighted by Crippen LogP contribution is 2.22. The number of ether oxygens (including phenoxy) is 1. The Hall–Kier alpha value is -3.69. The number of carbonyl (C=O) groups excluding carboxylic acids is 2. The Morgan fingerprint density at radius 1 is 0.781 bits per heavy atom. The topological polar surface area (TPSA) is 114 Å². The third kappa shape index (κ3) is 6.40. The van der Waals surface area contributed by atoms with E-state index in [9.17, 15) is 18.0 Å². The summed E-state index contributed by atoms with van der Waals surface area (Å²) in [6.45, 7) is 2.81. The quantitative estimate of drug-likeness (QED) is 0.481. The predicted molar refractivity (Wildman–Crippen MR) is 122 cm³/mol. The number of benzene rings is 3. The lowest BCUT2D eigenvalue weighted by Gasteiger charge is -2.15. The van der Waals surface area contributed by atoms with Crippen molar-refractivity contribution in [2.24, 2.45) is 0 Å². The number of amides is 2. The first-order valence-corrected chi connectivity index (χ1v) is 11.2. The summed E-state index contributed by atoms with van der Waals surface area (Å²) in [7, 11) is -3.93. The van der Waals surface area contributed by atoms with Gasteiger partial charge in [0.15, 0.2) is 0 Å². The molecule has 0 aromatic heterocycles. The fourth-order valence-electron chi connectivity index (χ4n) is 2.76. The van der Waals surface area contributed by atoms with Gasteiger partial charge in [0.1, 0.15) is 11.5 Å². The molecular formula is C23H23N3O5S. The highest BCUT2D eigenvalue weighted by Gasteiger charge is 2.22. The Bertz CT molecular complexity index is 1180. The molecule has 8 nitrogen and oxygen atoms in total. The van der Waals surface area contributed by atoms with Gasteiger partial charge in [0.2, 0.25) is 21.8 Å². The lowest BCUT2D eigenvalue weighted by Crippen LogP contribution is -2.41. The molecule has 9 heteroatoms. The van der Waals surface area contributed by atoms with E-state index in [1.807, 2.05) is 30.3 Å². The van der Waals surface area contributed by atoms with E-state index < -0.39 is 22.0 Å². The highest BCUT2D eigenvalue weighted by atomic mass is 32.2. The average Bonchev–Trinajstić information content (AvgIpc) is 2.75. The third-order valence-corrected chi connectivity index (χ3v) is 5.87. The lowest BCUT2D eigenvalue weighted by atomic mass is 10.2. The van der Waals surface area contributed by atoms with Crippen molar-refractivity contribution < 1.29 is 22.7 Å². The molecule has 2 amide bonds. The average molecular weight is 454 g/mol. The molecule has 0 heterocycles. The highest BCUT2D eigenvalue weighted by molar-refractivity contribution is 7.89. The number of hydrogen-bond donors (Lipinski definition) is 3. The van der Waals surface area contributed by atoms with Crippen LogP contribution in [-0.2, 0) is 19.6 Å². The Labute approximate surface area is 186 Å². The van der Waals surface area contributed by atoms with E-state index in [0.29, 0.717) is 22.9 Å². The van der Waals surface area contributed by atoms with E-state index in [1.54, 1.807) is 24.3 Å². The summed E-state index contributed by atoms with van der Waals surface area (Å²) in [5.41, 5.74) is 0.975. The molecule has 3 rings (SSSR count). The maximum Gasteiger partial charge on any atom is 0.242 e. The second kappa shape index (κ2) is 10.1. The summed E-state index contributed by atoms with van der Waals surface area (Å²) in [5.74, 6) is 0.520. The molecule has 166 valence electrons. The van der Waals surface area contributed by atoms with Crippen molar-refractivity contribution >= 4 is 33.2 Å². The van der Waals surface area contributed by atoms with Crippen molar-refractivity contribution in [2.75, 3.05) is 10.6 Å². The first-order valence-electron chi connectivity index (χ1n) is 9.77. The number of carbonyl (C=O) groups is 2. The molecule has 0 saturated heterocycles. The van der Waals surface area contributed by atoms with Crippen LogP contribution >= 0.6 is 0 Å². The van der Waals surface area contributed by atoms with Crippen LogP contribution in [0.5, 0.6) is 11.5 Å². The number of rotatable bonds is 8. The molecular weight excluding hydrogens is 430 g/mol. The second-order valence-corrected chi connectivity index (χ2v) is 8.69. The van der Waals surface area contributed by atoms with Crippen LogP contribution in [0.4, 0.5) is 11.4 Å².